The third kappa shape index (κ3) is 3.11. The van der Waals surface area contributed by atoms with Gasteiger partial charge in [0.25, 0.3) is 5.56 Å². The number of halogens is 1. The first-order chi connectivity index (χ1) is 11.6. The summed E-state index contributed by atoms with van der Waals surface area (Å²) in [6.45, 7) is 0.0570. The summed E-state index contributed by atoms with van der Waals surface area (Å²) >= 11 is 3.33. The second-order valence-electron chi connectivity index (χ2n) is 6.96. The van der Waals surface area contributed by atoms with Gasteiger partial charge in [-0.3, -0.25) is 14.0 Å². The lowest BCUT2D eigenvalue weighted by molar-refractivity contribution is -0.146. The van der Waals surface area contributed by atoms with Crippen molar-refractivity contribution >= 4 is 27.5 Å². The predicted molar refractivity (Wildman–Crippen MR) is 92.5 cm³/mol. The lowest BCUT2D eigenvalue weighted by Gasteiger charge is -2.20. The predicted octanol–water partition coefficient (Wildman–Crippen LogP) is 3.33. The highest BCUT2D eigenvalue weighted by atomic mass is 79.9. The fourth-order valence-electron chi connectivity index (χ4n) is 4.25. The van der Waals surface area contributed by atoms with E-state index in [4.69, 9.17) is 4.74 Å². The Morgan fingerprint density at radius 1 is 1.33 bits per heavy atom. The van der Waals surface area contributed by atoms with Gasteiger partial charge < -0.3 is 4.74 Å². The minimum absolute atomic E-state index is 0.0570. The number of fused-ring (bicyclic) bond motifs is 3. The van der Waals surface area contributed by atoms with Gasteiger partial charge in [-0.1, -0.05) is 6.42 Å². The monoisotopic (exact) mass is 390 g/mol. The molecule has 5 nitrogen and oxygen atoms in total. The number of aromatic nitrogens is 2. The molecule has 2 fully saturated rings. The highest BCUT2D eigenvalue weighted by molar-refractivity contribution is 9.10. The minimum Gasteiger partial charge on any atom is -0.459 e. The molecule has 2 saturated carbocycles. The molecule has 2 heterocycles. The van der Waals surface area contributed by atoms with E-state index >= 15 is 0 Å². The molecule has 0 aliphatic heterocycles. The van der Waals surface area contributed by atoms with E-state index < -0.39 is 0 Å². The van der Waals surface area contributed by atoms with Crippen LogP contribution in [0.3, 0.4) is 0 Å². The molecule has 3 atom stereocenters. The summed E-state index contributed by atoms with van der Waals surface area (Å²) in [6.07, 6.45) is 7.23. The summed E-state index contributed by atoms with van der Waals surface area (Å²) in [4.78, 5) is 28.6. The van der Waals surface area contributed by atoms with Crippen LogP contribution >= 0.6 is 15.9 Å². The van der Waals surface area contributed by atoms with Crippen LogP contribution in [0.1, 0.15) is 37.8 Å². The Kier molecular flexibility index (Phi) is 4.16. The van der Waals surface area contributed by atoms with E-state index in [9.17, 15) is 9.59 Å². The molecule has 6 heteroatoms. The van der Waals surface area contributed by atoms with Crippen LogP contribution < -0.4 is 5.56 Å². The number of nitrogens with zero attached hydrogens (tertiary/aromatic N) is 2. The number of hydrogen-bond donors (Lipinski definition) is 0. The van der Waals surface area contributed by atoms with E-state index in [0.717, 1.165) is 10.4 Å². The van der Waals surface area contributed by atoms with Crippen molar-refractivity contribution in [3.63, 3.8) is 0 Å². The number of rotatable bonds is 4. The quantitative estimate of drug-likeness (QED) is 0.751. The van der Waals surface area contributed by atoms with E-state index in [1.165, 1.54) is 36.2 Å². The van der Waals surface area contributed by atoms with Crippen molar-refractivity contribution in [3.05, 3.63) is 44.9 Å². The van der Waals surface area contributed by atoms with Crippen LogP contribution in [0.4, 0.5) is 0 Å². The maximum Gasteiger partial charge on any atom is 0.306 e. The average molecular weight is 391 g/mol. The number of esters is 1. The van der Waals surface area contributed by atoms with Gasteiger partial charge in [-0.15, -0.1) is 0 Å². The van der Waals surface area contributed by atoms with Crippen LogP contribution in [0, 0.1) is 17.8 Å². The molecule has 0 aromatic carbocycles. The van der Waals surface area contributed by atoms with Gasteiger partial charge in [-0.05, 0) is 65.1 Å². The minimum atomic E-state index is -0.180. The Morgan fingerprint density at radius 3 is 2.96 bits per heavy atom. The molecular formula is C18H19BrN2O3. The van der Waals surface area contributed by atoms with E-state index in [1.54, 1.807) is 12.3 Å². The highest BCUT2D eigenvalue weighted by Crippen LogP contribution is 2.49. The lowest BCUT2D eigenvalue weighted by Crippen LogP contribution is -2.19. The van der Waals surface area contributed by atoms with Crippen molar-refractivity contribution < 1.29 is 9.53 Å². The third-order valence-corrected chi connectivity index (χ3v) is 5.84. The van der Waals surface area contributed by atoms with Gasteiger partial charge in [0, 0.05) is 23.2 Å². The van der Waals surface area contributed by atoms with Crippen LogP contribution in [0.2, 0.25) is 0 Å². The molecule has 2 bridgehead atoms. The molecule has 0 spiro atoms. The van der Waals surface area contributed by atoms with Gasteiger partial charge in [0.2, 0.25) is 0 Å². The maximum atomic E-state index is 12.1. The zero-order valence-electron chi connectivity index (χ0n) is 13.3. The average Bonchev–Trinajstić information content (AvgIpc) is 3.16. The van der Waals surface area contributed by atoms with Crippen molar-refractivity contribution in [1.29, 1.82) is 0 Å². The first-order valence-corrected chi connectivity index (χ1v) is 9.21. The molecule has 0 saturated heterocycles. The van der Waals surface area contributed by atoms with Gasteiger partial charge in [0.1, 0.15) is 12.3 Å². The molecule has 4 rings (SSSR count). The summed E-state index contributed by atoms with van der Waals surface area (Å²) in [5, 5.41) is 0. The van der Waals surface area contributed by atoms with Gasteiger partial charge in [-0.25, -0.2) is 4.98 Å². The summed E-state index contributed by atoms with van der Waals surface area (Å²) < 4.78 is 7.64. The Hall–Kier alpha value is -1.69. The summed E-state index contributed by atoms with van der Waals surface area (Å²) in [5.74, 6) is 1.85. The smallest absolute Gasteiger partial charge is 0.306 e. The van der Waals surface area contributed by atoms with Crippen molar-refractivity contribution in [3.8, 4) is 0 Å². The number of pyridine rings is 1. The number of hydrogen-bond acceptors (Lipinski definition) is 4. The van der Waals surface area contributed by atoms with Crippen molar-refractivity contribution in [2.24, 2.45) is 17.8 Å². The van der Waals surface area contributed by atoms with E-state index in [0.29, 0.717) is 29.6 Å². The fourth-order valence-corrected chi connectivity index (χ4v) is 4.59. The first kappa shape index (κ1) is 15.8. The largest absolute Gasteiger partial charge is 0.459 e. The topological polar surface area (TPSA) is 60.7 Å². The second-order valence-corrected chi connectivity index (χ2v) is 7.88. The molecule has 24 heavy (non-hydrogen) atoms. The zero-order valence-corrected chi connectivity index (χ0v) is 14.9. The normalized spacial score (nSPS) is 25.3. The van der Waals surface area contributed by atoms with Crippen molar-refractivity contribution in [1.82, 2.24) is 9.38 Å². The summed E-state index contributed by atoms with van der Waals surface area (Å²) in [6, 6.07) is 5.00. The Bertz CT molecular complexity index is 848. The molecule has 0 radical (unpaired) electrons. The number of carbonyl (C=O) groups excluding carboxylic acids is 1. The van der Waals surface area contributed by atoms with E-state index in [-0.39, 0.29) is 18.1 Å². The lowest BCUT2D eigenvalue weighted by atomic mass is 9.86. The second kappa shape index (κ2) is 6.31. The Morgan fingerprint density at radius 2 is 2.21 bits per heavy atom. The molecule has 2 aliphatic rings. The SMILES string of the molecule is O=C(C[C@H]1C[C@H]2CC[C@@H]1C2)OCc1cc(=O)n2cc(Br)ccc2n1. The van der Waals surface area contributed by atoms with Crippen molar-refractivity contribution in [2.75, 3.05) is 0 Å². The van der Waals surface area contributed by atoms with Crippen molar-refractivity contribution in [2.45, 2.75) is 38.7 Å². The van der Waals surface area contributed by atoms with Crippen LogP contribution in [-0.4, -0.2) is 15.4 Å². The standard InChI is InChI=1S/C18H19BrN2O3/c19-14-3-4-16-20-15(8-17(22)21(16)9-14)10-24-18(23)7-13-6-11-1-2-12(13)5-11/h3-4,8-9,11-13H,1-2,5-7,10H2/t11-,12+,13+/m0/s1. The molecule has 2 aliphatic carbocycles. The van der Waals surface area contributed by atoms with E-state index in [1.807, 2.05) is 6.07 Å². The van der Waals surface area contributed by atoms with Crippen LogP contribution in [0.25, 0.3) is 5.65 Å². The number of ether oxygens (including phenoxy) is 1. The molecule has 0 unspecified atom stereocenters. The molecule has 126 valence electrons. The third-order valence-electron chi connectivity index (χ3n) is 5.37. The number of carbonyl (C=O) groups is 1. The molecule has 2 aromatic heterocycles. The van der Waals surface area contributed by atoms with Gasteiger partial charge >= 0.3 is 5.97 Å². The molecule has 0 amide bonds. The van der Waals surface area contributed by atoms with Gasteiger partial charge in [0.15, 0.2) is 0 Å². The van der Waals surface area contributed by atoms with Gasteiger partial charge in [0.05, 0.1) is 5.69 Å². The Balaban J connectivity index is 1.40. The maximum absolute atomic E-state index is 12.1. The molecule has 2 aromatic rings. The summed E-state index contributed by atoms with van der Waals surface area (Å²) in [7, 11) is 0. The fraction of sp³-hybridized carbons (Fsp3) is 0.500. The highest BCUT2D eigenvalue weighted by Gasteiger charge is 2.40. The Labute approximate surface area is 148 Å². The van der Waals surface area contributed by atoms with Crippen LogP contribution in [0.15, 0.2) is 33.7 Å². The van der Waals surface area contributed by atoms with Crippen LogP contribution in [-0.2, 0) is 16.1 Å². The first-order valence-electron chi connectivity index (χ1n) is 8.42. The molecule has 0 N–H and O–H groups in total. The zero-order chi connectivity index (χ0) is 16.7. The van der Waals surface area contributed by atoms with E-state index in [2.05, 4.69) is 20.9 Å². The van der Waals surface area contributed by atoms with Crippen LogP contribution in [0.5, 0.6) is 0 Å². The molecular weight excluding hydrogens is 372 g/mol. The summed E-state index contributed by atoms with van der Waals surface area (Å²) in [5.41, 5.74) is 0.855. The van der Waals surface area contributed by atoms with Gasteiger partial charge in [-0.2, -0.15) is 0 Å².